The maximum atomic E-state index is 11.6. The normalized spacial score (nSPS) is 31.5. The molecule has 1 aliphatic rings. The Kier molecular flexibility index (Phi) is 5.37. The van der Waals surface area contributed by atoms with Crippen LogP contribution in [0.5, 0.6) is 0 Å². The van der Waals surface area contributed by atoms with E-state index in [-0.39, 0.29) is 24.4 Å². The van der Waals surface area contributed by atoms with Crippen molar-refractivity contribution in [2.45, 2.75) is 45.5 Å². The lowest BCUT2D eigenvalue weighted by Gasteiger charge is -2.28. The lowest BCUT2D eigenvalue weighted by molar-refractivity contribution is -0.231. The Morgan fingerprint density at radius 2 is 2.28 bits per heavy atom. The second-order valence-corrected chi connectivity index (χ2v) is 6.24. The van der Waals surface area contributed by atoms with E-state index in [2.05, 4.69) is 6.58 Å². The Labute approximate surface area is 107 Å². The van der Waals surface area contributed by atoms with Crippen molar-refractivity contribution in [2.75, 3.05) is 6.61 Å². The van der Waals surface area contributed by atoms with Crippen molar-refractivity contribution in [3.05, 3.63) is 12.3 Å². The molecule has 1 aliphatic heterocycles. The van der Waals surface area contributed by atoms with Gasteiger partial charge < -0.3 is 23.8 Å². The van der Waals surface area contributed by atoms with Gasteiger partial charge in [-0.1, -0.05) is 20.4 Å². The number of ether oxygens (including phenoxy) is 1. The topological polar surface area (TPSA) is 88.0 Å². The summed E-state index contributed by atoms with van der Waals surface area (Å²) in [5.41, 5.74) is 0. The van der Waals surface area contributed by atoms with Gasteiger partial charge in [-0.05, 0) is 12.8 Å². The maximum absolute atomic E-state index is 11.6. The van der Waals surface area contributed by atoms with E-state index in [4.69, 9.17) is 13.8 Å². The van der Waals surface area contributed by atoms with Crippen molar-refractivity contribution in [2.24, 2.45) is 5.92 Å². The summed E-state index contributed by atoms with van der Waals surface area (Å²) in [5.74, 6) is -0.161. The summed E-state index contributed by atoms with van der Waals surface area (Å²) in [6.45, 7) is 8.84. The smallest absolute Gasteiger partial charge is 0.268 e. The monoisotopic (exact) mass is 279 g/mol. The second-order valence-electron chi connectivity index (χ2n) is 4.88. The van der Waals surface area contributed by atoms with Crippen LogP contribution in [-0.4, -0.2) is 30.0 Å². The molecule has 1 N–H and O–H groups in total. The number of hydrogen-bond acceptors (Lipinski definition) is 6. The molecule has 106 valence electrons. The van der Waals surface area contributed by atoms with Crippen molar-refractivity contribution >= 4 is 7.82 Å². The van der Waals surface area contributed by atoms with E-state index in [1.54, 1.807) is 6.92 Å². The van der Waals surface area contributed by atoms with Crippen LogP contribution >= 0.6 is 7.82 Å². The van der Waals surface area contributed by atoms with Gasteiger partial charge in [0.25, 0.3) is 7.82 Å². The predicted molar refractivity (Wildman–Crippen MR) is 64.0 cm³/mol. The molecule has 1 fully saturated rings. The molecule has 1 heterocycles. The molecule has 7 heteroatoms. The van der Waals surface area contributed by atoms with Crippen LogP contribution in [-0.2, 0) is 18.3 Å². The van der Waals surface area contributed by atoms with Gasteiger partial charge in [0.1, 0.15) is 18.0 Å². The number of rotatable bonds is 6. The SMILES string of the molecule is C=C(O)[C@H]1O[C@@H](C)CC1OP(=O)([O-])OCC(C)C. The molecular weight excluding hydrogens is 259 g/mol. The van der Waals surface area contributed by atoms with Crippen LogP contribution in [0.15, 0.2) is 12.3 Å². The van der Waals surface area contributed by atoms with Crippen LogP contribution in [0, 0.1) is 5.92 Å². The fraction of sp³-hybridized carbons (Fsp3) is 0.818. The zero-order chi connectivity index (χ0) is 13.9. The molecular formula is C11H20O6P-. The van der Waals surface area contributed by atoms with E-state index in [1.807, 2.05) is 13.8 Å². The van der Waals surface area contributed by atoms with Crippen LogP contribution in [0.1, 0.15) is 27.2 Å². The summed E-state index contributed by atoms with van der Waals surface area (Å²) in [6, 6.07) is 0. The summed E-state index contributed by atoms with van der Waals surface area (Å²) in [7, 11) is -4.38. The Balaban J connectivity index is 2.59. The molecule has 0 bridgehead atoms. The number of aliphatic hydroxyl groups excluding tert-OH is 1. The summed E-state index contributed by atoms with van der Waals surface area (Å²) >= 11 is 0. The quantitative estimate of drug-likeness (QED) is 0.588. The highest BCUT2D eigenvalue weighted by Gasteiger charge is 2.38. The summed E-state index contributed by atoms with van der Waals surface area (Å²) < 4.78 is 26.6. The third-order valence-corrected chi connectivity index (χ3v) is 3.43. The van der Waals surface area contributed by atoms with Crippen LogP contribution in [0.3, 0.4) is 0 Å². The zero-order valence-corrected chi connectivity index (χ0v) is 11.8. The Hall–Kier alpha value is -0.390. The molecule has 1 saturated heterocycles. The lowest BCUT2D eigenvalue weighted by atomic mass is 10.1. The largest absolute Gasteiger partial charge is 0.756 e. The molecule has 0 saturated carbocycles. The first kappa shape index (κ1) is 15.7. The number of aliphatic hydroxyl groups is 1. The highest BCUT2D eigenvalue weighted by molar-refractivity contribution is 7.45. The molecule has 18 heavy (non-hydrogen) atoms. The lowest BCUT2D eigenvalue weighted by Crippen LogP contribution is -2.27. The number of hydrogen-bond donors (Lipinski definition) is 1. The average molecular weight is 279 g/mol. The van der Waals surface area contributed by atoms with Crippen molar-refractivity contribution < 1.29 is 28.3 Å². The van der Waals surface area contributed by atoms with Crippen molar-refractivity contribution in [1.29, 1.82) is 0 Å². The van der Waals surface area contributed by atoms with Gasteiger partial charge in [0.2, 0.25) is 0 Å². The van der Waals surface area contributed by atoms with Gasteiger partial charge in [-0.15, -0.1) is 0 Å². The third kappa shape index (κ3) is 4.71. The number of phosphoric ester groups is 1. The molecule has 0 aromatic heterocycles. The van der Waals surface area contributed by atoms with E-state index in [0.29, 0.717) is 6.42 Å². The van der Waals surface area contributed by atoms with Crippen LogP contribution < -0.4 is 4.89 Å². The summed E-state index contributed by atoms with van der Waals surface area (Å²) in [4.78, 5) is 11.6. The number of phosphoric acid groups is 1. The molecule has 0 aliphatic carbocycles. The fourth-order valence-electron chi connectivity index (χ4n) is 1.67. The van der Waals surface area contributed by atoms with E-state index in [0.717, 1.165) is 0 Å². The minimum absolute atomic E-state index is 0.0641. The van der Waals surface area contributed by atoms with Crippen LogP contribution in [0.25, 0.3) is 0 Å². The second kappa shape index (κ2) is 6.17. The molecule has 2 unspecified atom stereocenters. The van der Waals surface area contributed by atoms with E-state index >= 15 is 0 Å². The average Bonchev–Trinajstić information content (AvgIpc) is 2.56. The van der Waals surface area contributed by atoms with E-state index in [9.17, 15) is 14.6 Å². The van der Waals surface area contributed by atoms with Gasteiger partial charge in [0, 0.05) is 6.42 Å². The molecule has 0 amide bonds. The van der Waals surface area contributed by atoms with Gasteiger partial charge in [0.15, 0.2) is 0 Å². The van der Waals surface area contributed by atoms with Crippen LogP contribution in [0.4, 0.5) is 0 Å². The van der Waals surface area contributed by atoms with Gasteiger partial charge in [-0.25, -0.2) is 0 Å². The summed E-state index contributed by atoms with van der Waals surface area (Å²) in [6.07, 6.45) is -1.45. The van der Waals surface area contributed by atoms with Gasteiger partial charge in [-0.3, -0.25) is 4.57 Å². The molecule has 0 aromatic rings. The minimum Gasteiger partial charge on any atom is -0.756 e. The zero-order valence-electron chi connectivity index (χ0n) is 10.9. The Morgan fingerprint density at radius 3 is 2.78 bits per heavy atom. The third-order valence-electron chi connectivity index (χ3n) is 2.44. The van der Waals surface area contributed by atoms with E-state index in [1.165, 1.54) is 0 Å². The van der Waals surface area contributed by atoms with Crippen molar-refractivity contribution in [3.8, 4) is 0 Å². The standard InChI is InChI=1S/C11H21O6P/c1-7(2)6-15-18(13,14)17-10-5-8(3)16-11(10)9(4)12/h7-8,10-12H,4-6H2,1-3H3,(H,13,14)/p-1/t8-,10?,11+/m0/s1. The first-order valence-corrected chi connectivity index (χ1v) is 7.34. The molecule has 0 radical (unpaired) electrons. The van der Waals surface area contributed by atoms with Crippen molar-refractivity contribution in [3.63, 3.8) is 0 Å². The fourth-order valence-corrected chi connectivity index (χ4v) is 2.74. The van der Waals surface area contributed by atoms with Gasteiger partial charge in [-0.2, -0.15) is 0 Å². The highest BCUT2D eigenvalue weighted by Crippen LogP contribution is 2.44. The summed E-state index contributed by atoms with van der Waals surface area (Å²) in [5, 5.41) is 9.32. The van der Waals surface area contributed by atoms with Crippen LogP contribution in [0.2, 0.25) is 0 Å². The van der Waals surface area contributed by atoms with Crippen molar-refractivity contribution in [1.82, 2.24) is 0 Å². The first-order valence-electron chi connectivity index (χ1n) is 5.88. The molecule has 6 nitrogen and oxygen atoms in total. The molecule has 0 spiro atoms. The molecule has 1 rings (SSSR count). The maximum Gasteiger partial charge on any atom is 0.268 e. The minimum atomic E-state index is -4.38. The predicted octanol–water partition coefficient (Wildman–Crippen LogP) is 1.76. The van der Waals surface area contributed by atoms with Gasteiger partial charge in [0.05, 0.1) is 12.7 Å². The Bertz CT molecular complexity index is 342. The highest BCUT2D eigenvalue weighted by atomic mass is 31.2. The Morgan fingerprint density at radius 1 is 1.67 bits per heavy atom. The molecule has 4 atom stereocenters. The van der Waals surface area contributed by atoms with E-state index < -0.39 is 20.0 Å². The molecule has 0 aromatic carbocycles. The van der Waals surface area contributed by atoms with Gasteiger partial charge >= 0.3 is 0 Å². The first-order chi connectivity index (χ1) is 8.21.